The molecule has 0 atom stereocenters. The number of piperidine rings is 1. The van der Waals surface area contributed by atoms with Crippen LogP contribution in [0.2, 0.25) is 0 Å². The zero-order valence-electron chi connectivity index (χ0n) is 12.2. The highest BCUT2D eigenvalue weighted by Gasteiger charge is 2.51. The van der Waals surface area contributed by atoms with Crippen LogP contribution in [0.5, 0.6) is 0 Å². The molecule has 1 amide bonds. The van der Waals surface area contributed by atoms with E-state index in [4.69, 9.17) is 0 Å². The molecule has 23 heavy (non-hydrogen) atoms. The van der Waals surface area contributed by atoms with Crippen molar-refractivity contribution in [2.45, 2.75) is 49.9 Å². The van der Waals surface area contributed by atoms with Crippen LogP contribution in [-0.4, -0.2) is 60.7 Å². The topological polar surface area (TPSA) is 58.6 Å². The Bertz CT molecular complexity index is 455. The molecule has 132 valence electrons. The second-order valence-electron chi connectivity index (χ2n) is 5.77. The Hall–Kier alpha value is -1.45. The van der Waals surface area contributed by atoms with E-state index in [1.807, 2.05) is 0 Å². The van der Waals surface area contributed by atoms with Gasteiger partial charge in [-0.05, 0) is 25.9 Å². The number of rotatable bonds is 4. The summed E-state index contributed by atoms with van der Waals surface area (Å²) in [6.45, 7) is 0.0736. The quantitative estimate of drug-likeness (QED) is 0.620. The molecule has 2 fully saturated rings. The summed E-state index contributed by atoms with van der Waals surface area (Å²) in [5, 5.41) is 3.05. The fraction of sp³-hybridized carbons (Fsp3) is 0.846. The van der Waals surface area contributed by atoms with Crippen LogP contribution in [-0.2, 0) is 14.3 Å². The van der Waals surface area contributed by atoms with Crippen molar-refractivity contribution >= 4 is 11.9 Å². The number of alkyl halides is 5. The normalized spacial score (nSPS) is 22.3. The molecule has 0 spiro atoms. The molecule has 1 N–H and O–H groups in total. The second kappa shape index (κ2) is 6.58. The van der Waals surface area contributed by atoms with Gasteiger partial charge in [0.15, 0.2) is 6.61 Å². The lowest BCUT2D eigenvalue weighted by Crippen LogP contribution is -2.59. The van der Waals surface area contributed by atoms with Crippen molar-refractivity contribution in [3.8, 4) is 0 Å². The minimum Gasteiger partial charge on any atom is -0.449 e. The van der Waals surface area contributed by atoms with Crippen LogP contribution in [0.3, 0.4) is 0 Å². The zero-order valence-corrected chi connectivity index (χ0v) is 12.2. The molecule has 0 unspecified atom stereocenters. The van der Waals surface area contributed by atoms with Crippen molar-refractivity contribution in [1.29, 1.82) is 0 Å². The Morgan fingerprint density at radius 2 is 1.70 bits per heavy atom. The summed E-state index contributed by atoms with van der Waals surface area (Å²) in [5.74, 6) is -6.19. The van der Waals surface area contributed by atoms with E-state index < -0.39 is 49.5 Å². The third-order valence-corrected chi connectivity index (χ3v) is 4.01. The van der Waals surface area contributed by atoms with Gasteiger partial charge in [-0.15, -0.1) is 0 Å². The molecule has 1 heterocycles. The van der Waals surface area contributed by atoms with Gasteiger partial charge in [0.1, 0.15) is 0 Å². The van der Waals surface area contributed by atoms with Gasteiger partial charge in [-0.3, -0.25) is 4.79 Å². The maximum absolute atomic E-state index is 13.1. The molecule has 2 rings (SSSR count). The molecular weight excluding hydrogens is 327 g/mol. The van der Waals surface area contributed by atoms with E-state index >= 15 is 0 Å². The third kappa shape index (κ3) is 4.52. The second-order valence-corrected chi connectivity index (χ2v) is 5.77. The maximum Gasteiger partial charge on any atom is 0.490 e. The fourth-order valence-electron chi connectivity index (χ4n) is 2.90. The number of carbonyl (C=O) groups excluding carboxylic acids is 2. The molecular formula is C13H17F5N2O3. The minimum atomic E-state index is -5.19. The van der Waals surface area contributed by atoms with Crippen molar-refractivity contribution in [1.82, 2.24) is 10.2 Å². The van der Waals surface area contributed by atoms with Crippen molar-refractivity contribution in [2.75, 3.05) is 19.7 Å². The number of amides is 1. The number of carbonyl (C=O) groups is 2. The van der Waals surface area contributed by atoms with Crippen molar-refractivity contribution < 1.29 is 36.3 Å². The van der Waals surface area contributed by atoms with Gasteiger partial charge in [-0.1, -0.05) is 0 Å². The first-order valence-corrected chi connectivity index (χ1v) is 7.24. The number of hydrogen-bond donors (Lipinski definition) is 1. The van der Waals surface area contributed by atoms with Gasteiger partial charge in [0, 0.05) is 24.9 Å². The molecule has 10 heteroatoms. The van der Waals surface area contributed by atoms with Gasteiger partial charge < -0.3 is 15.0 Å². The lowest BCUT2D eigenvalue weighted by atomic mass is 9.85. The van der Waals surface area contributed by atoms with Crippen LogP contribution >= 0.6 is 0 Å². The highest BCUT2D eigenvalue weighted by molar-refractivity contribution is 5.83. The summed E-state index contributed by atoms with van der Waals surface area (Å²) < 4.78 is 66.3. The van der Waals surface area contributed by atoms with E-state index in [9.17, 15) is 31.5 Å². The largest absolute Gasteiger partial charge is 0.490 e. The molecule has 1 saturated heterocycles. The van der Waals surface area contributed by atoms with Crippen LogP contribution in [0, 0.1) is 0 Å². The smallest absolute Gasteiger partial charge is 0.449 e. The van der Waals surface area contributed by atoms with Crippen molar-refractivity contribution in [2.24, 2.45) is 0 Å². The Labute approximate surface area is 129 Å². The number of nitrogens with zero attached hydrogens (tertiary/aromatic N) is 1. The number of nitrogens with one attached hydrogen (secondary N) is 1. The number of esters is 1. The number of ether oxygens (including phenoxy) is 1. The molecule has 1 saturated carbocycles. The fourth-order valence-corrected chi connectivity index (χ4v) is 2.90. The van der Waals surface area contributed by atoms with Crippen LogP contribution in [0.1, 0.15) is 25.7 Å². The highest BCUT2D eigenvalue weighted by Crippen LogP contribution is 2.41. The van der Waals surface area contributed by atoms with E-state index in [1.165, 1.54) is 4.90 Å². The van der Waals surface area contributed by atoms with Gasteiger partial charge in [0.25, 0.3) is 11.8 Å². The van der Waals surface area contributed by atoms with Crippen molar-refractivity contribution in [3.05, 3.63) is 0 Å². The van der Waals surface area contributed by atoms with Crippen LogP contribution in [0.25, 0.3) is 0 Å². The lowest BCUT2D eigenvalue weighted by molar-refractivity contribution is -0.202. The molecule has 2 aliphatic rings. The Kier molecular flexibility index (Phi) is 5.12. The average molecular weight is 344 g/mol. The predicted molar refractivity (Wildman–Crippen MR) is 67.7 cm³/mol. The summed E-state index contributed by atoms with van der Waals surface area (Å²) in [6.07, 6.45) is -5.20. The van der Waals surface area contributed by atoms with E-state index in [0.29, 0.717) is 25.9 Å². The predicted octanol–water partition coefficient (Wildman–Crippen LogP) is 1.47. The number of hydrogen-bond acceptors (Lipinski definition) is 4. The standard InChI is InChI=1S/C13H17F5N2O3/c14-12(15)5-9(6-12)20(8-1-3-19-4-2-8)10(21)7-23-11(22)13(16,17)18/h8-9,19H,1-7H2. The van der Waals surface area contributed by atoms with E-state index in [0.717, 1.165) is 0 Å². The van der Waals surface area contributed by atoms with Gasteiger partial charge in [0.2, 0.25) is 0 Å². The SMILES string of the molecule is O=C(COC(=O)C(F)(F)F)N(C1CCNCC1)C1CC(F)(F)C1. The van der Waals surface area contributed by atoms with E-state index in [-0.39, 0.29) is 6.04 Å². The van der Waals surface area contributed by atoms with Gasteiger partial charge in [-0.25, -0.2) is 13.6 Å². The van der Waals surface area contributed by atoms with Gasteiger partial charge in [-0.2, -0.15) is 13.2 Å². The Balaban J connectivity index is 1.98. The Morgan fingerprint density at radius 1 is 1.13 bits per heavy atom. The Morgan fingerprint density at radius 3 is 2.17 bits per heavy atom. The van der Waals surface area contributed by atoms with Gasteiger partial charge >= 0.3 is 12.1 Å². The molecule has 1 aliphatic heterocycles. The van der Waals surface area contributed by atoms with Crippen LogP contribution < -0.4 is 5.32 Å². The lowest BCUT2D eigenvalue weighted by Gasteiger charge is -2.47. The van der Waals surface area contributed by atoms with E-state index in [1.54, 1.807) is 0 Å². The molecule has 1 aliphatic carbocycles. The first-order valence-electron chi connectivity index (χ1n) is 7.24. The van der Waals surface area contributed by atoms with Gasteiger partial charge in [0.05, 0.1) is 0 Å². The highest BCUT2D eigenvalue weighted by atomic mass is 19.4. The monoisotopic (exact) mass is 344 g/mol. The molecule has 0 radical (unpaired) electrons. The summed E-state index contributed by atoms with van der Waals surface area (Å²) in [5.41, 5.74) is 0. The average Bonchev–Trinajstić information content (AvgIpc) is 2.43. The minimum absolute atomic E-state index is 0.338. The van der Waals surface area contributed by atoms with Crippen LogP contribution in [0.15, 0.2) is 0 Å². The molecule has 0 aromatic rings. The van der Waals surface area contributed by atoms with Crippen LogP contribution in [0.4, 0.5) is 22.0 Å². The maximum atomic E-state index is 13.1. The molecule has 5 nitrogen and oxygen atoms in total. The first kappa shape index (κ1) is 17.9. The molecule has 0 bridgehead atoms. The molecule has 0 aromatic carbocycles. The summed E-state index contributed by atoms with van der Waals surface area (Å²) in [7, 11) is 0. The summed E-state index contributed by atoms with van der Waals surface area (Å²) in [4.78, 5) is 24.0. The third-order valence-electron chi connectivity index (χ3n) is 4.01. The number of halogens is 5. The zero-order chi connectivity index (χ0) is 17.3. The van der Waals surface area contributed by atoms with E-state index in [2.05, 4.69) is 10.1 Å². The molecule has 0 aromatic heterocycles. The van der Waals surface area contributed by atoms with Crippen molar-refractivity contribution in [3.63, 3.8) is 0 Å². The summed E-state index contributed by atoms with van der Waals surface area (Å²) >= 11 is 0. The summed E-state index contributed by atoms with van der Waals surface area (Å²) in [6, 6.07) is -1.07. The first-order chi connectivity index (χ1) is 10.6.